The van der Waals surface area contributed by atoms with Gasteiger partial charge in [0.1, 0.15) is 6.04 Å². The molecule has 18 heavy (non-hydrogen) atoms. The number of nitrogens with two attached hydrogens (primary N) is 1. The normalized spacial score (nSPS) is 11.8. The molecule has 0 fully saturated rings. The first-order valence-electron chi connectivity index (χ1n) is 5.66. The van der Waals surface area contributed by atoms with Crippen LogP contribution in [0.25, 0.3) is 0 Å². The maximum Gasteiger partial charge on any atom is 0.322 e. The lowest BCUT2D eigenvalue weighted by Crippen LogP contribution is -2.31. The minimum Gasteiger partial charge on any atom is -0.493 e. The molecule has 1 aromatic rings. The van der Waals surface area contributed by atoms with Gasteiger partial charge in [0, 0.05) is 0 Å². The first kappa shape index (κ1) is 14.3. The van der Waals surface area contributed by atoms with Gasteiger partial charge in [0.25, 0.3) is 0 Å². The number of carbonyl (C=O) groups excluding carboxylic acids is 1. The van der Waals surface area contributed by atoms with Gasteiger partial charge in [-0.2, -0.15) is 0 Å². The van der Waals surface area contributed by atoms with Crippen molar-refractivity contribution >= 4 is 5.97 Å². The molecule has 5 nitrogen and oxygen atoms in total. The number of benzene rings is 1. The number of aryl methyl sites for hydroxylation is 1. The van der Waals surface area contributed by atoms with Crippen LogP contribution < -0.4 is 15.2 Å². The Bertz CT molecular complexity index is 406. The van der Waals surface area contributed by atoms with Gasteiger partial charge in [-0.05, 0) is 30.5 Å². The van der Waals surface area contributed by atoms with Gasteiger partial charge in [-0.25, -0.2) is 0 Å². The lowest BCUT2D eigenvalue weighted by molar-refractivity contribution is -0.142. The van der Waals surface area contributed by atoms with Crippen LogP contribution in [-0.2, 0) is 16.0 Å². The number of ether oxygens (including phenoxy) is 3. The molecular weight excluding hydrogens is 234 g/mol. The second kappa shape index (κ2) is 6.86. The fourth-order valence-corrected chi connectivity index (χ4v) is 1.63. The largest absolute Gasteiger partial charge is 0.493 e. The van der Waals surface area contributed by atoms with Gasteiger partial charge >= 0.3 is 5.97 Å². The molecule has 0 aliphatic rings. The SMILES string of the molecule is COC(=O)C(N)CCc1ccc(OC)c(OC)c1. The quantitative estimate of drug-likeness (QED) is 0.770. The predicted octanol–water partition coefficient (Wildman–Crippen LogP) is 1.14. The zero-order valence-corrected chi connectivity index (χ0v) is 10.9. The van der Waals surface area contributed by atoms with Gasteiger partial charge < -0.3 is 19.9 Å². The molecule has 0 spiro atoms. The Morgan fingerprint density at radius 1 is 1.22 bits per heavy atom. The van der Waals surface area contributed by atoms with E-state index in [2.05, 4.69) is 4.74 Å². The molecule has 0 amide bonds. The Morgan fingerprint density at radius 3 is 2.44 bits per heavy atom. The zero-order valence-electron chi connectivity index (χ0n) is 10.9. The van der Waals surface area contributed by atoms with Gasteiger partial charge in [-0.15, -0.1) is 0 Å². The number of carbonyl (C=O) groups is 1. The molecule has 1 rings (SSSR count). The third kappa shape index (κ3) is 3.63. The first-order valence-corrected chi connectivity index (χ1v) is 5.66. The summed E-state index contributed by atoms with van der Waals surface area (Å²) in [5.41, 5.74) is 6.71. The van der Waals surface area contributed by atoms with E-state index in [0.29, 0.717) is 24.3 Å². The third-order valence-electron chi connectivity index (χ3n) is 2.70. The van der Waals surface area contributed by atoms with Crippen molar-refractivity contribution in [2.75, 3.05) is 21.3 Å². The molecule has 2 N–H and O–H groups in total. The van der Waals surface area contributed by atoms with Gasteiger partial charge in [0.05, 0.1) is 21.3 Å². The van der Waals surface area contributed by atoms with E-state index in [1.54, 1.807) is 14.2 Å². The Hall–Kier alpha value is -1.75. The van der Waals surface area contributed by atoms with Gasteiger partial charge in [0.2, 0.25) is 0 Å². The van der Waals surface area contributed by atoms with Crippen LogP contribution in [0, 0.1) is 0 Å². The van der Waals surface area contributed by atoms with Crippen LogP contribution in [-0.4, -0.2) is 33.3 Å². The maximum atomic E-state index is 11.2. The minimum absolute atomic E-state index is 0.393. The van der Waals surface area contributed by atoms with E-state index < -0.39 is 12.0 Å². The molecule has 100 valence electrons. The molecule has 1 unspecified atom stereocenters. The molecule has 1 aromatic carbocycles. The van der Waals surface area contributed by atoms with Gasteiger partial charge in [-0.3, -0.25) is 4.79 Å². The van der Waals surface area contributed by atoms with E-state index >= 15 is 0 Å². The van der Waals surface area contributed by atoms with Crippen LogP contribution in [0.4, 0.5) is 0 Å². The topological polar surface area (TPSA) is 70.8 Å². The maximum absolute atomic E-state index is 11.2. The van der Waals surface area contributed by atoms with Crippen LogP contribution in [0.15, 0.2) is 18.2 Å². The summed E-state index contributed by atoms with van der Waals surface area (Å²) in [5.74, 6) is 0.954. The van der Waals surface area contributed by atoms with E-state index in [9.17, 15) is 4.79 Å². The number of hydrogen-bond donors (Lipinski definition) is 1. The molecule has 0 bridgehead atoms. The number of hydrogen-bond acceptors (Lipinski definition) is 5. The second-order valence-corrected chi connectivity index (χ2v) is 3.86. The Labute approximate surface area is 107 Å². The highest BCUT2D eigenvalue weighted by atomic mass is 16.5. The predicted molar refractivity (Wildman–Crippen MR) is 67.9 cm³/mol. The molecule has 0 aliphatic carbocycles. The lowest BCUT2D eigenvalue weighted by atomic mass is 10.1. The van der Waals surface area contributed by atoms with Crippen LogP contribution in [0.2, 0.25) is 0 Å². The summed E-state index contributed by atoms with van der Waals surface area (Å²) in [6.45, 7) is 0. The Balaban J connectivity index is 2.65. The smallest absolute Gasteiger partial charge is 0.322 e. The average molecular weight is 253 g/mol. The minimum atomic E-state index is -0.594. The van der Waals surface area contributed by atoms with Gasteiger partial charge in [-0.1, -0.05) is 6.07 Å². The Kier molecular flexibility index (Phi) is 5.45. The van der Waals surface area contributed by atoms with E-state index in [1.807, 2.05) is 18.2 Å². The van der Waals surface area contributed by atoms with Crippen molar-refractivity contribution in [3.63, 3.8) is 0 Å². The van der Waals surface area contributed by atoms with E-state index in [4.69, 9.17) is 15.2 Å². The lowest BCUT2D eigenvalue weighted by Gasteiger charge is -2.11. The molecule has 0 radical (unpaired) electrons. The molecule has 0 aromatic heterocycles. The second-order valence-electron chi connectivity index (χ2n) is 3.86. The molecular formula is C13H19NO4. The fourth-order valence-electron chi connectivity index (χ4n) is 1.63. The molecule has 1 atom stereocenters. The van der Waals surface area contributed by atoms with Gasteiger partial charge in [0.15, 0.2) is 11.5 Å². The van der Waals surface area contributed by atoms with E-state index in [1.165, 1.54) is 7.11 Å². The highest BCUT2D eigenvalue weighted by molar-refractivity contribution is 5.75. The standard InChI is InChI=1S/C13H19NO4/c1-16-11-7-5-9(8-12(11)17-2)4-6-10(14)13(15)18-3/h5,7-8,10H,4,6,14H2,1-3H3. The monoisotopic (exact) mass is 253 g/mol. The molecule has 0 saturated carbocycles. The molecule has 0 aliphatic heterocycles. The fraction of sp³-hybridized carbons (Fsp3) is 0.462. The van der Waals surface area contributed by atoms with Crippen LogP contribution in [0.5, 0.6) is 11.5 Å². The molecule has 5 heteroatoms. The van der Waals surface area contributed by atoms with Crippen molar-refractivity contribution in [2.24, 2.45) is 5.73 Å². The summed E-state index contributed by atoms with van der Waals surface area (Å²) in [5, 5.41) is 0. The van der Waals surface area contributed by atoms with Crippen LogP contribution in [0.1, 0.15) is 12.0 Å². The van der Waals surface area contributed by atoms with Crippen LogP contribution in [0.3, 0.4) is 0 Å². The summed E-state index contributed by atoms with van der Waals surface area (Å²) >= 11 is 0. The highest BCUT2D eigenvalue weighted by Gasteiger charge is 2.13. The number of methoxy groups -OCH3 is 3. The van der Waals surface area contributed by atoms with Crippen molar-refractivity contribution in [3.05, 3.63) is 23.8 Å². The third-order valence-corrected chi connectivity index (χ3v) is 2.70. The molecule has 0 heterocycles. The van der Waals surface area contributed by atoms with Crippen molar-refractivity contribution in [2.45, 2.75) is 18.9 Å². The summed E-state index contributed by atoms with van der Waals surface area (Å²) in [6.07, 6.45) is 1.21. The number of esters is 1. The summed E-state index contributed by atoms with van der Waals surface area (Å²) < 4.78 is 14.9. The molecule has 0 saturated heterocycles. The van der Waals surface area contributed by atoms with E-state index in [-0.39, 0.29) is 0 Å². The zero-order chi connectivity index (χ0) is 13.5. The Morgan fingerprint density at radius 2 is 1.89 bits per heavy atom. The summed E-state index contributed by atoms with van der Waals surface area (Å²) in [6, 6.07) is 5.04. The van der Waals surface area contributed by atoms with Crippen molar-refractivity contribution < 1.29 is 19.0 Å². The van der Waals surface area contributed by atoms with Crippen molar-refractivity contribution in [3.8, 4) is 11.5 Å². The van der Waals surface area contributed by atoms with Crippen LogP contribution >= 0.6 is 0 Å². The highest BCUT2D eigenvalue weighted by Crippen LogP contribution is 2.28. The number of rotatable bonds is 6. The van der Waals surface area contributed by atoms with Crippen molar-refractivity contribution in [1.82, 2.24) is 0 Å². The summed E-state index contributed by atoms with van der Waals surface area (Å²) in [7, 11) is 4.51. The summed E-state index contributed by atoms with van der Waals surface area (Å²) in [4.78, 5) is 11.2. The van der Waals surface area contributed by atoms with E-state index in [0.717, 1.165) is 5.56 Å². The first-order chi connectivity index (χ1) is 8.62. The van der Waals surface area contributed by atoms with Crippen molar-refractivity contribution in [1.29, 1.82) is 0 Å². The average Bonchev–Trinajstić information content (AvgIpc) is 2.43.